The van der Waals surface area contributed by atoms with Gasteiger partial charge in [0.1, 0.15) is 10.3 Å². The Morgan fingerprint density at radius 2 is 1.85 bits per heavy atom. The Labute approximate surface area is 166 Å². The molecule has 0 spiro atoms. The van der Waals surface area contributed by atoms with Gasteiger partial charge in [-0.2, -0.15) is 4.72 Å². The molecule has 1 atom stereocenters. The minimum Gasteiger partial charge on any atom is -0.352 e. The van der Waals surface area contributed by atoms with Crippen molar-refractivity contribution in [3.8, 4) is 0 Å². The van der Waals surface area contributed by atoms with Gasteiger partial charge in [0, 0.05) is 6.04 Å². The number of nitrogens with one attached hydrogen (secondary N) is 2. The third kappa shape index (κ3) is 5.16. The van der Waals surface area contributed by atoms with Gasteiger partial charge < -0.3 is 5.32 Å². The lowest BCUT2D eigenvalue weighted by atomic mass is 10.1. The molecule has 0 saturated heterocycles. The van der Waals surface area contributed by atoms with Gasteiger partial charge in [0.15, 0.2) is 0 Å². The Balaban J connectivity index is 1.78. The topological polar surface area (TPSA) is 75.3 Å². The average Bonchev–Trinajstić information content (AvgIpc) is 3.27. The highest BCUT2D eigenvalue weighted by Crippen LogP contribution is 2.26. The van der Waals surface area contributed by atoms with E-state index in [2.05, 4.69) is 26.0 Å². The smallest absolute Gasteiger partial charge is 0.250 e. The largest absolute Gasteiger partial charge is 0.352 e. The Morgan fingerprint density at radius 3 is 2.46 bits per heavy atom. The number of hydrogen-bond donors (Lipinski definition) is 2. The summed E-state index contributed by atoms with van der Waals surface area (Å²) in [6.07, 6.45) is 4.42. The fourth-order valence-electron chi connectivity index (χ4n) is 3.10. The van der Waals surface area contributed by atoms with Crippen molar-refractivity contribution in [2.75, 3.05) is 0 Å². The summed E-state index contributed by atoms with van der Waals surface area (Å²) in [5, 5.41) is 3.01. The van der Waals surface area contributed by atoms with Crippen molar-refractivity contribution in [2.24, 2.45) is 0 Å². The second kappa shape index (κ2) is 8.65. The molecule has 0 unspecified atom stereocenters. The maximum absolute atomic E-state index is 12.8. The molecule has 1 aromatic heterocycles. The van der Waals surface area contributed by atoms with E-state index in [9.17, 15) is 13.2 Å². The molecule has 1 aromatic carbocycles. The summed E-state index contributed by atoms with van der Waals surface area (Å²) in [4.78, 5) is 12.8. The van der Waals surface area contributed by atoms with E-state index in [0.29, 0.717) is 6.42 Å². The number of thiophene rings is 1. The van der Waals surface area contributed by atoms with Gasteiger partial charge in [-0.25, -0.2) is 8.42 Å². The van der Waals surface area contributed by atoms with Gasteiger partial charge in [-0.1, -0.05) is 43.2 Å². The van der Waals surface area contributed by atoms with Crippen LogP contribution in [0.1, 0.15) is 31.2 Å². The molecule has 140 valence electrons. The number of benzene rings is 1. The summed E-state index contributed by atoms with van der Waals surface area (Å²) in [6, 6.07) is 12.0. The lowest BCUT2D eigenvalue weighted by Gasteiger charge is -2.21. The molecule has 2 N–H and O–H groups in total. The number of carbonyl (C=O) groups excluding carboxylic acids is 1. The highest BCUT2D eigenvalue weighted by molar-refractivity contribution is 9.11. The van der Waals surface area contributed by atoms with E-state index in [1.54, 1.807) is 6.07 Å². The number of sulfonamides is 1. The summed E-state index contributed by atoms with van der Waals surface area (Å²) < 4.78 is 28.9. The van der Waals surface area contributed by atoms with E-state index in [1.807, 2.05) is 30.3 Å². The van der Waals surface area contributed by atoms with Gasteiger partial charge in [-0.05, 0) is 52.9 Å². The van der Waals surface area contributed by atoms with Crippen LogP contribution in [0.5, 0.6) is 0 Å². The molecule has 2 aromatic rings. The minimum atomic E-state index is -3.76. The van der Waals surface area contributed by atoms with Crippen LogP contribution < -0.4 is 10.0 Å². The maximum Gasteiger partial charge on any atom is 0.250 e. The van der Waals surface area contributed by atoms with Gasteiger partial charge in [0.05, 0.1) is 3.79 Å². The van der Waals surface area contributed by atoms with Crippen molar-refractivity contribution in [2.45, 2.75) is 48.4 Å². The predicted molar refractivity (Wildman–Crippen MR) is 107 cm³/mol. The van der Waals surface area contributed by atoms with Gasteiger partial charge >= 0.3 is 0 Å². The van der Waals surface area contributed by atoms with Crippen LogP contribution in [0.3, 0.4) is 0 Å². The maximum atomic E-state index is 12.8. The lowest BCUT2D eigenvalue weighted by molar-refractivity contribution is -0.123. The minimum absolute atomic E-state index is 0.140. The van der Waals surface area contributed by atoms with Crippen molar-refractivity contribution >= 4 is 43.2 Å². The first kappa shape index (κ1) is 19.5. The molecular weight excluding hydrogens is 436 g/mol. The molecule has 1 aliphatic rings. The van der Waals surface area contributed by atoms with Crippen molar-refractivity contribution < 1.29 is 13.2 Å². The Kier molecular flexibility index (Phi) is 6.50. The quantitative estimate of drug-likeness (QED) is 0.669. The first-order chi connectivity index (χ1) is 12.4. The lowest BCUT2D eigenvalue weighted by Crippen LogP contribution is -2.50. The molecular formula is C18H21BrN2O3S2. The van der Waals surface area contributed by atoms with Crippen LogP contribution >= 0.6 is 27.3 Å². The molecule has 1 heterocycles. The fourth-order valence-corrected chi connectivity index (χ4v) is 6.32. The van der Waals surface area contributed by atoms with Crippen LogP contribution in [0.15, 0.2) is 50.5 Å². The zero-order chi connectivity index (χ0) is 18.6. The summed E-state index contributed by atoms with van der Waals surface area (Å²) >= 11 is 4.40. The van der Waals surface area contributed by atoms with Crippen LogP contribution in [0.2, 0.25) is 0 Å². The number of hydrogen-bond acceptors (Lipinski definition) is 4. The van der Waals surface area contributed by atoms with Gasteiger partial charge in [0.2, 0.25) is 5.91 Å². The second-order valence-electron chi connectivity index (χ2n) is 6.41. The monoisotopic (exact) mass is 456 g/mol. The zero-order valence-electron chi connectivity index (χ0n) is 14.2. The fraction of sp³-hybridized carbons (Fsp3) is 0.389. The molecule has 3 rings (SSSR count). The Bertz CT molecular complexity index is 846. The molecule has 26 heavy (non-hydrogen) atoms. The van der Waals surface area contributed by atoms with Crippen LogP contribution in [-0.4, -0.2) is 26.4 Å². The summed E-state index contributed by atoms with van der Waals surface area (Å²) in [5.41, 5.74) is 0.911. The second-order valence-corrected chi connectivity index (χ2v) is 10.8. The van der Waals surface area contributed by atoms with Gasteiger partial charge in [-0.15, -0.1) is 11.3 Å². The van der Waals surface area contributed by atoms with Crippen molar-refractivity contribution in [1.29, 1.82) is 0 Å². The normalized spacial score (nSPS) is 16.5. The van der Waals surface area contributed by atoms with E-state index in [-0.39, 0.29) is 16.2 Å². The SMILES string of the molecule is O=C(NC1CCCC1)[C@H](Cc1ccccc1)NS(=O)(=O)c1ccc(Br)s1. The van der Waals surface area contributed by atoms with E-state index < -0.39 is 16.1 Å². The summed E-state index contributed by atoms with van der Waals surface area (Å²) in [7, 11) is -3.76. The highest BCUT2D eigenvalue weighted by Gasteiger charge is 2.29. The van der Waals surface area contributed by atoms with Crippen molar-refractivity contribution in [1.82, 2.24) is 10.0 Å². The van der Waals surface area contributed by atoms with Crippen molar-refractivity contribution in [3.05, 3.63) is 51.8 Å². The molecule has 1 saturated carbocycles. The molecule has 1 amide bonds. The molecule has 5 nitrogen and oxygen atoms in total. The van der Waals surface area contributed by atoms with E-state index in [0.717, 1.165) is 46.4 Å². The summed E-state index contributed by atoms with van der Waals surface area (Å²) in [6.45, 7) is 0. The van der Waals surface area contributed by atoms with Gasteiger partial charge in [-0.3, -0.25) is 4.79 Å². The molecule has 8 heteroatoms. The Morgan fingerprint density at radius 1 is 1.15 bits per heavy atom. The number of carbonyl (C=O) groups is 1. The van der Waals surface area contributed by atoms with Crippen LogP contribution in [0, 0.1) is 0 Å². The van der Waals surface area contributed by atoms with E-state index >= 15 is 0 Å². The number of halogens is 1. The highest BCUT2D eigenvalue weighted by atomic mass is 79.9. The molecule has 0 bridgehead atoms. The van der Waals surface area contributed by atoms with E-state index in [1.165, 1.54) is 6.07 Å². The Hall–Kier alpha value is -1.22. The predicted octanol–water partition coefficient (Wildman–Crippen LogP) is 3.46. The molecule has 0 radical (unpaired) electrons. The molecule has 0 aliphatic heterocycles. The third-order valence-electron chi connectivity index (χ3n) is 4.41. The molecule has 1 fully saturated rings. The van der Waals surface area contributed by atoms with E-state index in [4.69, 9.17) is 0 Å². The summed E-state index contributed by atoms with van der Waals surface area (Å²) in [5.74, 6) is -0.264. The van der Waals surface area contributed by atoms with Crippen molar-refractivity contribution in [3.63, 3.8) is 0 Å². The third-order valence-corrected chi connectivity index (χ3v) is 8.00. The standard InChI is InChI=1S/C18H21BrN2O3S2/c19-16-10-11-17(25-16)26(23,24)21-15(12-13-6-2-1-3-7-13)18(22)20-14-8-4-5-9-14/h1-3,6-7,10-11,14-15,21H,4-5,8-9,12H2,(H,20,22)/t15-/m0/s1. The van der Waals surface area contributed by atoms with Crippen LogP contribution in [-0.2, 0) is 21.2 Å². The first-order valence-corrected chi connectivity index (χ1v) is 11.7. The first-order valence-electron chi connectivity index (χ1n) is 8.56. The average molecular weight is 457 g/mol. The van der Waals surface area contributed by atoms with Crippen LogP contribution in [0.25, 0.3) is 0 Å². The van der Waals surface area contributed by atoms with Crippen LogP contribution in [0.4, 0.5) is 0 Å². The van der Waals surface area contributed by atoms with Gasteiger partial charge in [0.25, 0.3) is 10.0 Å². The zero-order valence-corrected chi connectivity index (χ0v) is 17.4. The molecule has 1 aliphatic carbocycles. The number of rotatable bonds is 7. The number of amides is 1.